The van der Waals surface area contributed by atoms with Crippen LogP contribution in [0, 0.1) is 0 Å². The topological polar surface area (TPSA) is 60.8 Å². The Hall–Kier alpha value is -0.610. The number of aliphatic hydroxyl groups excluding tert-OH is 1. The fraction of sp³-hybridized carbons (Fsp3) is 0.875. The Kier molecular flexibility index (Phi) is 4.85. The van der Waals surface area contributed by atoms with E-state index in [1.165, 1.54) is 0 Å². The number of nitrogens with zero attached hydrogens (tertiary/aromatic N) is 1. The van der Waals surface area contributed by atoms with Gasteiger partial charge >= 0.3 is 5.97 Å². The van der Waals surface area contributed by atoms with Gasteiger partial charge in [0.1, 0.15) is 6.04 Å². The van der Waals surface area contributed by atoms with Crippen molar-refractivity contribution in [2.75, 3.05) is 13.2 Å². The Morgan fingerprint density at radius 3 is 2.17 bits per heavy atom. The van der Waals surface area contributed by atoms with E-state index in [4.69, 9.17) is 10.2 Å². The van der Waals surface area contributed by atoms with Gasteiger partial charge in [-0.05, 0) is 20.8 Å². The van der Waals surface area contributed by atoms with Crippen LogP contribution in [0.3, 0.4) is 0 Å². The quantitative estimate of drug-likeness (QED) is 0.625. The first-order valence-corrected chi connectivity index (χ1v) is 4.10. The summed E-state index contributed by atoms with van der Waals surface area (Å²) in [5, 5.41) is 17.4. The fourth-order valence-corrected chi connectivity index (χ4v) is 1.16. The standard InChI is InChI=1S/C8H17NO3/c1-6(2)9(4-5-10)7(3)8(11)12/h6-7,10H,4-5H2,1-3H3,(H,11,12). The average Bonchev–Trinajstić information content (AvgIpc) is 1.98. The highest BCUT2D eigenvalue weighted by Crippen LogP contribution is 2.04. The third kappa shape index (κ3) is 3.19. The predicted molar refractivity (Wildman–Crippen MR) is 46.0 cm³/mol. The second-order valence-electron chi connectivity index (χ2n) is 3.07. The smallest absolute Gasteiger partial charge is 0.320 e. The van der Waals surface area contributed by atoms with Crippen LogP contribution in [-0.4, -0.2) is 46.3 Å². The van der Waals surface area contributed by atoms with E-state index in [-0.39, 0.29) is 12.6 Å². The summed E-state index contributed by atoms with van der Waals surface area (Å²) in [6.07, 6.45) is 0. The first-order valence-electron chi connectivity index (χ1n) is 4.10. The molecule has 2 N–H and O–H groups in total. The average molecular weight is 175 g/mol. The molecule has 0 aliphatic rings. The molecule has 12 heavy (non-hydrogen) atoms. The summed E-state index contributed by atoms with van der Waals surface area (Å²) in [7, 11) is 0. The van der Waals surface area contributed by atoms with Gasteiger partial charge in [-0.25, -0.2) is 0 Å². The number of aliphatic carboxylic acids is 1. The molecule has 1 unspecified atom stereocenters. The van der Waals surface area contributed by atoms with Crippen LogP contribution in [0.15, 0.2) is 0 Å². The molecule has 0 aromatic rings. The van der Waals surface area contributed by atoms with E-state index in [1.54, 1.807) is 11.8 Å². The summed E-state index contributed by atoms with van der Waals surface area (Å²) >= 11 is 0. The summed E-state index contributed by atoms with van der Waals surface area (Å²) in [5.41, 5.74) is 0. The molecule has 0 aliphatic heterocycles. The van der Waals surface area contributed by atoms with E-state index >= 15 is 0 Å². The van der Waals surface area contributed by atoms with Crippen LogP contribution in [-0.2, 0) is 4.79 Å². The molecule has 0 aromatic carbocycles. The van der Waals surface area contributed by atoms with E-state index in [9.17, 15) is 4.79 Å². The lowest BCUT2D eigenvalue weighted by Gasteiger charge is -2.29. The minimum absolute atomic E-state index is 0.00417. The Morgan fingerprint density at radius 2 is 1.92 bits per heavy atom. The predicted octanol–water partition coefficient (Wildman–Crippen LogP) is 0.162. The largest absolute Gasteiger partial charge is 0.480 e. The first kappa shape index (κ1) is 11.4. The molecule has 0 saturated carbocycles. The summed E-state index contributed by atoms with van der Waals surface area (Å²) in [4.78, 5) is 12.3. The van der Waals surface area contributed by atoms with Crippen LogP contribution in [0.25, 0.3) is 0 Å². The van der Waals surface area contributed by atoms with E-state index in [2.05, 4.69) is 0 Å². The van der Waals surface area contributed by atoms with Gasteiger partial charge in [0.2, 0.25) is 0 Å². The SMILES string of the molecule is CC(C)N(CCO)C(C)C(=O)O. The third-order valence-corrected chi connectivity index (χ3v) is 1.88. The zero-order valence-electron chi connectivity index (χ0n) is 7.82. The Labute approximate surface area is 72.8 Å². The number of hydrogen-bond acceptors (Lipinski definition) is 3. The monoisotopic (exact) mass is 175 g/mol. The molecule has 0 bridgehead atoms. The molecule has 4 nitrogen and oxygen atoms in total. The van der Waals surface area contributed by atoms with Crippen LogP contribution in [0.2, 0.25) is 0 Å². The fourth-order valence-electron chi connectivity index (χ4n) is 1.16. The van der Waals surface area contributed by atoms with Crippen molar-refractivity contribution >= 4 is 5.97 Å². The van der Waals surface area contributed by atoms with E-state index in [0.29, 0.717) is 6.54 Å². The lowest BCUT2D eigenvalue weighted by atomic mass is 10.2. The van der Waals surface area contributed by atoms with Crippen molar-refractivity contribution in [1.82, 2.24) is 4.90 Å². The lowest BCUT2D eigenvalue weighted by Crippen LogP contribution is -2.44. The molecule has 0 aliphatic carbocycles. The van der Waals surface area contributed by atoms with Crippen molar-refractivity contribution in [2.24, 2.45) is 0 Å². The highest BCUT2D eigenvalue weighted by Gasteiger charge is 2.21. The van der Waals surface area contributed by atoms with Crippen LogP contribution in [0.4, 0.5) is 0 Å². The van der Waals surface area contributed by atoms with Crippen molar-refractivity contribution in [1.29, 1.82) is 0 Å². The van der Waals surface area contributed by atoms with Crippen LogP contribution in [0.5, 0.6) is 0 Å². The van der Waals surface area contributed by atoms with Crippen LogP contribution < -0.4 is 0 Å². The normalized spacial score (nSPS) is 13.8. The van der Waals surface area contributed by atoms with Crippen molar-refractivity contribution in [3.63, 3.8) is 0 Å². The molecule has 0 rings (SSSR count). The van der Waals surface area contributed by atoms with Gasteiger partial charge in [0.15, 0.2) is 0 Å². The summed E-state index contributed by atoms with van der Waals surface area (Å²) in [5.74, 6) is -0.850. The second kappa shape index (κ2) is 5.11. The van der Waals surface area contributed by atoms with Crippen molar-refractivity contribution < 1.29 is 15.0 Å². The maximum Gasteiger partial charge on any atom is 0.320 e. The molecule has 0 amide bonds. The van der Waals surface area contributed by atoms with Gasteiger partial charge < -0.3 is 10.2 Å². The lowest BCUT2D eigenvalue weighted by molar-refractivity contribution is -0.143. The Balaban J connectivity index is 4.18. The number of carboxylic acids is 1. The van der Waals surface area contributed by atoms with E-state index < -0.39 is 12.0 Å². The van der Waals surface area contributed by atoms with Crippen molar-refractivity contribution in [3.8, 4) is 0 Å². The maximum absolute atomic E-state index is 10.6. The number of aliphatic hydroxyl groups is 1. The number of carboxylic acid groups (broad SMARTS) is 1. The molecular formula is C8H17NO3. The minimum atomic E-state index is -0.850. The molecule has 4 heteroatoms. The summed E-state index contributed by atoms with van der Waals surface area (Å²) in [6, 6.07) is -0.389. The van der Waals surface area contributed by atoms with Crippen molar-refractivity contribution in [3.05, 3.63) is 0 Å². The number of hydrogen-bond donors (Lipinski definition) is 2. The van der Waals surface area contributed by atoms with E-state index in [1.807, 2.05) is 13.8 Å². The second-order valence-corrected chi connectivity index (χ2v) is 3.07. The zero-order chi connectivity index (χ0) is 9.72. The number of rotatable bonds is 5. The third-order valence-electron chi connectivity index (χ3n) is 1.88. The van der Waals surface area contributed by atoms with E-state index in [0.717, 1.165) is 0 Å². The Morgan fingerprint density at radius 1 is 1.42 bits per heavy atom. The zero-order valence-corrected chi connectivity index (χ0v) is 7.82. The molecule has 0 radical (unpaired) electrons. The Bertz CT molecular complexity index is 147. The van der Waals surface area contributed by atoms with Gasteiger partial charge in [0.25, 0.3) is 0 Å². The minimum Gasteiger partial charge on any atom is -0.480 e. The van der Waals surface area contributed by atoms with Gasteiger partial charge in [0, 0.05) is 12.6 Å². The van der Waals surface area contributed by atoms with Gasteiger partial charge in [0.05, 0.1) is 6.61 Å². The highest BCUT2D eigenvalue weighted by atomic mass is 16.4. The van der Waals surface area contributed by atoms with Crippen molar-refractivity contribution in [2.45, 2.75) is 32.9 Å². The van der Waals surface area contributed by atoms with Gasteiger partial charge in [-0.15, -0.1) is 0 Å². The molecule has 0 fully saturated rings. The molecule has 0 aromatic heterocycles. The molecule has 0 heterocycles. The molecule has 0 spiro atoms. The van der Waals surface area contributed by atoms with Gasteiger partial charge in [-0.2, -0.15) is 0 Å². The molecular weight excluding hydrogens is 158 g/mol. The number of carbonyl (C=O) groups is 1. The van der Waals surface area contributed by atoms with Crippen LogP contribution >= 0.6 is 0 Å². The molecule has 72 valence electrons. The molecule has 0 saturated heterocycles. The molecule has 1 atom stereocenters. The highest BCUT2D eigenvalue weighted by molar-refractivity contribution is 5.72. The summed E-state index contributed by atoms with van der Waals surface area (Å²) in [6.45, 7) is 5.85. The maximum atomic E-state index is 10.6. The van der Waals surface area contributed by atoms with Gasteiger partial charge in [-0.1, -0.05) is 0 Å². The first-order chi connectivity index (χ1) is 5.50. The summed E-state index contributed by atoms with van der Waals surface area (Å²) < 4.78 is 0. The van der Waals surface area contributed by atoms with Gasteiger partial charge in [-0.3, -0.25) is 9.69 Å². The van der Waals surface area contributed by atoms with Crippen LogP contribution in [0.1, 0.15) is 20.8 Å².